The number of anilines is 2. The third kappa shape index (κ3) is 7.13. The van der Waals surface area contributed by atoms with Crippen LogP contribution in [0.2, 0.25) is 0 Å². The van der Waals surface area contributed by atoms with Gasteiger partial charge in [0.15, 0.2) is 0 Å². The van der Waals surface area contributed by atoms with E-state index in [1.165, 1.54) is 17.3 Å². The first-order valence-corrected chi connectivity index (χ1v) is 14.5. The zero-order chi connectivity index (χ0) is 28.6. The van der Waals surface area contributed by atoms with Crippen molar-refractivity contribution in [3.8, 4) is 0 Å². The lowest BCUT2D eigenvalue weighted by Crippen LogP contribution is -2.36. The van der Waals surface area contributed by atoms with E-state index in [0.29, 0.717) is 17.0 Å². The highest BCUT2D eigenvalue weighted by atomic mass is 32.2. The summed E-state index contributed by atoms with van der Waals surface area (Å²) in [6.45, 7) is 2.69. The Balaban J connectivity index is 1.24. The van der Waals surface area contributed by atoms with Crippen molar-refractivity contribution in [1.29, 1.82) is 0 Å². The van der Waals surface area contributed by atoms with Gasteiger partial charge in [-0.15, -0.1) is 11.8 Å². The van der Waals surface area contributed by atoms with E-state index >= 15 is 0 Å². The van der Waals surface area contributed by atoms with E-state index in [9.17, 15) is 14.4 Å². The molecule has 1 aliphatic heterocycles. The van der Waals surface area contributed by atoms with Crippen LogP contribution in [0.5, 0.6) is 0 Å². The van der Waals surface area contributed by atoms with E-state index in [1.807, 2.05) is 72.5 Å². The van der Waals surface area contributed by atoms with Gasteiger partial charge in [-0.2, -0.15) is 0 Å². The van der Waals surface area contributed by atoms with Crippen molar-refractivity contribution in [3.63, 3.8) is 0 Å². The van der Waals surface area contributed by atoms with Crippen LogP contribution in [0.4, 0.5) is 11.4 Å². The van der Waals surface area contributed by atoms with Crippen LogP contribution < -0.4 is 15.5 Å². The van der Waals surface area contributed by atoms with Crippen LogP contribution in [0.3, 0.4) is 0 Å². The molecule has 0 radical (unpaired) electrons. The summed E-state index contributed by atoms with van der Waals surface area (Å²) in [5, 5.41) is 5.66. The van der Waals surface area contributed by atoms with Gasteiger partial charge in [0.1, 0.15) is 5.70 Å². The van der Waals surface area contributed by atoms with Crippen molar-refractivity contribution >= 4 is 46.9 Å². The number of amides is 3. The summed E-state index contributed by atoms with van der Waals surface area (Å²) in [6.07, 6.45) is 3.64. The number of carbonyl (C=O) groups is 3. The molecule has 4 aromatic carbocycles. The first-order chi connectivity index (χ1) is 20.0. The molecule has 0 spiro atoms. The molecule has 0 fully saturated rings. The van der Waals surface area contributed by atoms with Crippen LogP contribution in [-0.2, 0) is 16.0 Å². The summed E-state index contributed by atoms with van der Waals surface area (Å²) in [7, 11) is 0. The maximum absolute atomic E-state index is 13.3. The van der Waals surface area contributed by atoms with E-state index in [0.717, 1.165) is 41.1 Å². The molecule has 41 heavy (non-hydrogen) atoms. The van der Waals surface area contributed by atoms with Crippen LogP contribution in [-0.4, -0.2) is 30.0 Å². The Bertz CT molecular complexity index is 1580. The number of nitrogens with one attached hydrogen (secondary N) is 2. The van der Waals surface area contributed by atoms with E-state index in [4.69, 9.17) is 0 Å². The van der Waals surface area contributed by atoms with E-state index < -0.39 is 5.91 Å². The fourth-order valence-electron chi connectivity index (χ4n) is 4.70. The van der Waals surface area contributed by atoms with Gasteiger partial charge in [0.05, 0.1) is 5.75 Å². The van der Waals surface area contributed by atoms with Gasteiger partial charge in [0, 0.05) is 28.4 Å². The molecule has 0 aliphatic carbocycles. The number of benzene rings is 4. The number of thioether (sulfide) groups is 1. The lowest BCUT2D eigenvalue weighted by Gasteiger charge is -2.29. The van der Waals surface area contributed by atoms with Gasteiger partial charge in [0.25, 0.3) is 11.8 Å². The number of hydrogen-bond donors (Lipinski definition) is 2. The first kappa shape index (κ1) is 27.9. The molecule has 6 nitrogen and oxygen atoms in total. The molecular formula is C34H31N3O3S. The molecule has 0 saturated heterocycles. The van der Waals surface area contributed by atoms with Crippen molar-refractivity contribution in [3.05, 3.63) is 131 Å². The largest absolute Gasteiger partial charge is 0.321 e. The number of fused-ring (bicyclic) bond motifs is 1. The smallest absolute Gasteiger partial charge is 0.272 e. The van der Waals surface area contributed by atoms with Crippen molar-refractivity contribution in [2.24, 2.45) is 0 Å². The zero-order valence-corrected chi connectivity index (χ0v) is 23.6. The van der Waals surface area contributed by atoms with Crippen LogP contribution >= 0.6 is 11.8 Å². The monoisotopic (exact) mass is 561 g/mol. The van der Waals surface area contributed by atoms with E-state index in [-0.39, 0.29) is 17.5 Å². The Morgan fingerprint density at radius 3 is 2.34 bits per heavy atom. The van der Waals surface area contributed by atoms with Gasteiger partial charge >= 0.3 is 0 Å². The Morgan fingerprint density at radius 2 is 1.56 bits per heavy atom. The molecule has 0 atom stereocenters. The maximum Gasteiger partial charge on any atom is 0.272 e. The van der Waals surface area contributed by atoms with Gasteiger partial charge in [0.2, 0.25) is 5.91 Å². The molecule has 5 rings (SSSR count). The highest BCUT2D eigenvalue weighted by molar-refractivity contribution is 8.00. The first-order valence-electron chi connectivity index (χ1n) is 13.5. The highest BCUT2D eigenvalue weighted by Crippen LogP contribution is 2.28. The molecule has 1 heterocycles. The van der Waals surface area contributed by atoms with Crippen molar-refractivity contribution in [2.75, 3.05) is 22.5 Å². The normalized spacial score (nSPS) is 12.8. The number of para-hydroxylation sites is 1. The fourth-order valence-corrected chi connectivity index (χ4v) is 5.47. The minimum absolute atomic E-state index is 0.0830. The van der Waals surface area contributed by atoms with E-state index in [1.54, 1.807) is 42.5 Å². The topological polar surface area (TPSA) is 78.5 Å². The summed E-state index contributed by atoms with van der Waals surface area (Å²) < 4.78 is 0. The number of nitrogens with zero attached hydrogens (tertiary/aromatic N) is 1. The molecular weight excluding hydrogens is 530 g/mol. The lowest BCUT2D eigenvalue weighted by atomic mass is 10.0. The van der Waals surface area contributed by atoms with Crippen molar-refractivity contribution < 1.29 is 14.4 Å². The third-order valence-corrected chi connectivity index (χ3v) is 7.90. The predicted octanol–water partition coefficient (Wildman–Crippen LogP) is 6.48. The molecule has 0 unspecified atom stereocenters. The molecule has 1 aliphatic rings. The average Bonchev–Trinajstić information content (AvgIpc) is 3.01. The van der Waals surface area contributed by atoms with Gasteiger partial charge in [-0.05, 0) is 85.0 Å². The molecule has 0 saturated carbocycles. The second-order valence-electron chi connectivity index (χ2n) is 9.78. The number of aryl methyl sites for hydroxylation is 2. The summed E-state index contributed by atoms with van der Waals surface area (Å²) in [6, 6.07) is 31.9. The number of carbonyl (C=O) groups excluding carboxylic acids is 3. The summed E-state index contributed by atoms with van der Waals surface area (Å²) in [5.74, 6) is -0.389. The number of hydrogen-bond acceptors (Lipinski definition) is 4. The van der Waals surface area contributed by atoms with Crippen molar-refractivity contribution in [2.45, 2.75) is 24.7 Å². The van der Waals surface area contributed by atoms with Gasteiger partial charge in [-0.1, -0.05) is 60.7 Å². The van der Waals surface area contributed by atoms with Crippen LogP contribution in [0, 0.1) is 6.92 Å². The molecule has 7 heteroatoms. The summed E-state index contributed by atoms with van der Waals surface area (Å²) in [4.78, 5) is 42.0. The standard InChI is InChI=1S/C34H31N3O3S/c1-24-10-5-6-14-27(24)22-30(36-33(39)26-12-3-2-4-13-26)34(40)35-28-17-19-29(20-18-28)41-23-32(38)37-21-9-15-25-11-7-8-16-31(25)37/h2-8,10-14,16-20,22H,9,15,21,23H2,1H3,(H,35,40)(H,36,39)/b30-22-. The lowest BCUT2D eigenvalue weighted by molar-refractivity contribution is -0.116. The molecule has 206 valence electrons. The predicted molar refractivity (Wildman–Crippen MR) is 166 cm³/mol. The van der Waals surface area contributed by atoms with Gasteiger partial charge < -0.3 is 15.5 Å². The second kappa shape index (κ2) is 13.2. The summed E-state index contributed by atoms with van der Waals surface area (Å²) >= 11 is 1.47. The minimum Gasteiger partial charge on any atom is -0.321 e. The maximum atomic E-state index is 13.3. The molecule has 0 bridgehead atoms. The Labute approximate surface area is 244 Å². The van der Waals surface area contributed by atoms with Crippen molar-refractivity contribution in [1.82, 2.24) is 5.32 Å². The second-order valence-corrected chi connectivity index (χ2v) is 10.8. The molecule has 3 amide bonds. The quantitative estimate of drug-likeness (QED) is 0.191. The molecule has 4 aromatic rings. The Morgan fingerprint density at radius 1 is 0.854 bits per heavy atom. The summed E-state index contributed by atoms with van der Waals surface area (Å²) in [5.41, 5.74) is 5.22. The van der Waals surface area contributed by atoms with Crippen LogP contribution in [0.15, 0.2) is 114 Å². The zero-order valence-electron chi connectivity index (χ0n) is 22.8. The fraction of sp³-hybridized carbons (Fsp3) is 0.147. The van der Waals surface area contributed by atoms with Gasteiger partial charge in [-0.25, -0.2) is 0 Å². The van der Waals surface area contributed by atoms with Crippen LogP contribution in [0.1, 0.15) is 33.5 Å². The third-order valence-electron chi connectivity index (χ3n) is 6.90. The van der Waals surface area contributed by atoms with Gasteiger partial charge in [-0.3, -0.25) is 14.4 Å². The Hall–Kier alpha value is -4.62. The molecule has 0 aromatic heterocycles. The Kier molecular flexibility index (Phi) is 8.96. The highest BCUT2D eigenvalue weighted by Gasteiger charge is 2.22. The minimum atomic E-state index is -0.433. The van der Waals surface area contributed by atoms with E-state index in [2.05, 4.69) is 16.7 Å². The number of rotatable bonds is 8. The SMILES string of the molecule is Cc1ccccc1/C=C(\NC(=O)c1ccccc1)C(=O)Nc1ccc(SCC(=O)N2CCCc3ccccc32)cc1. The molecule has 2 N–H and O–H groups in total. The average molecular weight is 562 g/mol. The van der Waals surface area contributed by atoms with Crippen LogP contribution in [0.25, 0.3) is 6.08 Å².